The lowest BCUT2D eigenvalue weighted by Gasteiger charge is -2.32. The van der Waals surface area contributed by atoms with Gasteiger partial charge in [0.05, 0.1) is 16.6 Å². The number of hydrogen-bond donors (Lipinski definition) is 0. The highest BCUT2D eigenvalue weighted by molar-refractivity contribution is 6.66. The Bertz CT molecular complexity index is 2020. The van der Waals surface area contributed by atoms with Crippen molar-refractivity contribution in [3.63, 3.8) is 0 Å². The van der Waals surface area contributed by atoms with Crippen molar-refractivity contribution >= 4 is 34.5 Å². The fourth-order valence-electron chi connectivity index (χ4n) is 7.65. The van der Waals surface area contributed by atoms with Gasteiger partial charge in [-0.2, -0.15) is 0 Å². The van der Waals surface area contributed by atoms with Gasteiger partial charge in [-0.15, -0.1) is 0 Å². The summed E-state index contributed by atoms with van der Waals surface area (Å²) in [7, 11) is -0.468. The molecule has 0 N–H and O–H groups in total. The van der Waals surface area contributed by atoms with Crippen LogP contribution in [0.4, 0.5) is 0 Å². The molecule has 4 heteroatoms. The number of rotatable bonds is 1. The van der Waals surface area contributed by atoms with E-state index in [9.17, 15) is 0 Å². The maximum Gasteiger partial charge on any atom is 0.495 e. The van der Waals surface area contributed by atoms with Crippen LogP contribution in [0.3, 0.4) is 0 Å². The Kier molecular flexibility index (Phi) is 4.36. The minimum atomic E-state index is -0.468. The number of fused-ring (bicyclic) bond motifs is 14. The lowest BCUT2D eigenvalue weighted by atomic mass is 9.70. The molecule has 0 atom stereocenters. The van der Waals surface area contributed by atoms with Crippen LogP contribution in [0.15, 0.2) is 108 Å². The molecule has 0 amide bonds. The quantitative estimate of drug-likeness (QED) is 0.200. The van der Waals surface area contributed by atoms with Crippen molar-refractivity contribution in [3.05, 3.63) is 125 Å². The van der Waals surface area contributed by atoms with Crippen molar-refractivity contribution in [2.45, 2.75) is 44.3 Å². The zero-order valence-corrected chi connectivity index (χ0v) is 23.6. The summed E-state index contributed by atoms with van der Waals surface area (Å²) in [5, 5.41) is 2.16. The molecule has 198 valence electrons. The molecule has 2 aliphatic carbocycles. The Balaban J connectivity index is 1.37. The van der Waals surface area contributed by atoms with E-state index in [0.29, 0.717) is 0 Å². The topological polar surface area (TPSA) is 31.6 Å². The molecule has 9 rings (SSSR count). The van der Waals surface area contributed by atoms with Crippen LogP contribution in [-0.2, 0) is 14.7 Å². The normalized spacial score (nSPS) is 18.6. The second-order valence-corrected chi connectivity index (χ2v) is 12.7. The zero-order chi connectivity index (χ0) is 27.7. The van der Waals surface area contributed by atoms with Crippen LogP contribution in [0.5, 0.6) is 0 Å². The van der Waals surface area contributed by atoms with Gasteiger partial charge in [-0.1, -0.05) is 97.1 Å². The van der Waals surface area contributed by atoms with Crippen LogP contribution < -0.4 is 5.46 Å². The fraction of sp³-hybridized carbons (Fsp3) is 0.189. The SMILES string of the molecule is CC1(C)OB(c2cccc3oc4c5c(ccc4c23)C2(c3ccccc3-c3ccccc32)c2ccccc2-5)OC1(C)C. The molecule has 1 aromatic heterocycles. The number of furan rings is 1. The summed E-state index contributed by atoms with van der Waals surface area (Å²) in [4.78, 5) is 0. The average molecular weight is 532 g/mol. The van der Waals surface area contributed by atoms with Gasteiger partial charge < -0.3 is 13.7 Å². The van der Waals surface area contributed by atoms with E-state index < -0.39 is 18.3 Å². The van der Waals surface area contributed by atoms with E-state index >= 15 is 0 Å². The van der Waals surface area contributed by atoms with E-state index in [1.54, 1.807) is 0 Å². The van der Waals surface area contributed by atoms with Crippen molar-refractivity contribution in [2.24, 2.45) is 0 Å². The molecule has 1 saturated heterocycles. The van der Waals surface area contributed by atoms with Crippen LogP contribution in [0.25, 0.3) is 44.2 Å². The van der Waals surface area contributed by atoms with Gasteiger partial charge in [-0.25, -0.2) is 0 Å². The van der Waals surface area contributed by atoms with E-state index in [1.165, 1.54) is 44.5 Å². The van der Waals surface area contributed by atoms with Gasteiger partial charge >= 0.3 is 7.12 Å². The molecule has 1 spiro atoms. The van der Waals surface area contributed by atoms with Gasteiger partial charge in [-0.3, -0.25) is 0 Å². The van der Waals surface area contributed by atoms with Crippen molar-refractivity contribution in [3.8, 4) is 22.3 Å². The molecule has 5 aromatic carbocycles. The van der Waals surface area contributed by atoms with Gasteiger partial charge in [0.15, 0.2) is 0 Å². The predicted molar refractivity (Wildman–Crippen MR) is 166 cm³/mol. The molecule has 41 heavy (non-hydrogen) atoms. The van der Waals surface area contributed by atoms with E-state index in [4.69, 9.17) is 13.7 Å². The molecule has 2 heterocycles. The van der Waals surface area contributed by atoms with Gasteiger partial charge in [0, 0.05) is 16.3 Å². The Labute approximate surface area is 239 Å². The standard InChI is InChI=1S/C37H29BO3/c1-35(2)36(3,4)41-38(40-35)30-18-11-19-31-33(30)25-20-21-29-32(34(25)39-31)24-14-7-10-17-28(24)37(29)26-15-8-5-12-22(26)23-13-6-9-16-27(23)37/h5-21H,1-4H3. The molecular weight excluding hydrogens is 503 g/mol. The third-order valence-electron chi connectivity index (χ3n) is 10.2. The first-order valence-corrected chi connectivity index (χ1v) is 14.5. The molecule has 1 aliphatic heterocycles. The number of benzene rings is 5. The summed E-state index contributed by atoms with van der Waals surface area (Å²) in [6.07, 6.45) is 0. The first-order chi connectivity index (χ1) is 19.8. The summed E-state index contributed by atoms with van der Waals surface area (Å²) < 4.78 is 19.9. The summed E-state index contributed by atoms with van der Waals surface area (Å²) >= 11 is 0. The van der Waals surface area contributed by atoms with Crippen molar-refractivity contribution < 1.29 is 13.7 Å². The van der Waals surface area contributed by atoms with E-state index in [0.717, 1.165) is 27.4 Å². The molecule has 0 unspecified atom stereocenters. The monoisotopic (exact) mass is 532 g/mol. The van der Waals surface area contributed by atoms with Gasteiger partial charge in [0.1, 0.15) is 11.2 Å². The largest absolute Gasteiger partial charge is 0.495 e. The lowest BCUT2D eigenvalue weighted by Crippen LogP contribution is -2.41. The first-order valence-electron chi connectivity index (χ1n) is 14.5. The molecule has 0 bridgehead atoms. The summed E-state index contributed by atoms with van der Waals surface area (Å²) in [6, 6.07) is 37.5. The van der Waals surface area contributed by atoms with Crippen molar-refractivity contribution in [1.29, 1.82) is 0 Å². The zero-order valence-electron chi connectivity index (χ0n) is 23.6. The van der Waals surface area contributed by atoms with Crippen LogP contribution in [0.2, 0.25) is 0 Å². The van der Waals surface area contributed by atoms with Gasteiger partial charge in [0.25, 0.3) is 0 Å². The maximum atomic E-state index is 6.82. The fourth-order valence-corrected chi connectivity index (χ4v) is 7.65. The van der Waals surface area contributed by atoms with E-state index in [2.05, 4.69) is 125 Å². The highest BCUT2D eigenvalue weighted by Gasteiger charge is 2.54. The average Bonchev–Trinajstić information content (AvgIpc) is 3.65. The predicted octanol–water partition coefficient (Wildman–Crippen LogP) is 8.23. The van der Waals surface area contributed by atoms with Crippen LogP contribution in [0.1, 0.15) is 49.9 Å². The number of hydrogen-bond acceptors (Lipinski definition) is 3. The highest BCUT2D eigenvalue weighted by atomic mass is 16.7. The van der Waals surface area contributed by atoms with E-state index in [1.807, 2.05) is 6.07 Å². The maximum absolute atomic E-state index is 6.82. The molecule has 1 fully saturated rings. The summed E-state index contributed by atoms with van der Waals surface area (Å²) in [5.41, 5.74) is 11.8. The second-order valence-electron chi connectivity index (χ2n) is 12.7. The Hall–Kier alpha value is -4.12. The Morgan fingerprint density at radius 1 is 0.537 bits per heavy atom. The lowest BCUT2D eigenvalue weighted by molar-refractivity contribution is 0.00578. The van der Waals surface area contributed by atoms with Crippen LogP contribution in [-0.4, -0.2) is 18.3 Å². The molecular formula is C37H29BO3. The molecule has 6 aromatic rings. The third-order valence-corrected chi connectivity index (χ3v) is 10.2. The summed E-state index contributed by atoms with van der Waals surface area (Å²) in [5.74, 6) is 0. The molecule has 0 radical (unpaired) electrons. The third kappa shape index (κ3) is 2.73. The van der Waals surface area contributed by atoms with Crippen LogP contribution in [0, 0.1) is 0 Å². The Morgan fingerprint density at radius 3 is 1.73 bits per heavy atom. The Morgan fingerprint density at radius 2 is 1.10 bits per heavy atom. The van der Waals surface area contributed by atoms with Gasteiger partial charge in [0.2, 0.25) is 0 Å². The second kappa shape index (κ2) is 7.58. The van der Waals surface area contributed by atoms with Crippen molar-refractivity contribution in [2.75, 3.05) is 0 Å². The van der Waals surface area contributed by atoms with E-state index in [-0.39, 0.29) is 5.41 Å². The van der Waals surface area contributed by atoms with Crippen LogP contribution >= 0.6 is 0 Å². The first kappa shape index (κ1) is 23.6. The van der Waals surface area contributed by atoms with Gasteiger partial charge in [-0.05, 0) is 78.2 Å². The molecule has 3 nitrogen and oxygen atoms in total. The minimum absolute atomic E-state index is 0.388. The molecule has 0 saturated carbocycles. The highest BCUT2D eigenvalue weighted by Crippen LogP contribution is 2.63. The minimum Gasteiger partial charge on any atom is -0.455 e. The van der Waals surface area contributed by atoms with Crippen molar-refractivity contribution in [1.82, 2.24) is 0 Å². The molecule has 3 aliphatic rings. The summed E-state index contributed by atoms with van der Waals surface area (Å²) in [6.45, 7) is 8.39. The smallest absolute Gasteiger partial charge is 0.455 e.